The second-order valence-electron chi connectivity index (χ2n) is 11.4. The molecule has 1 aliphatic carbocycles. The van der Waals surface area contributed by atoms with Crippen LogP contribution in [0.15, 0.2) is 58.7 Å². The molecule has 0 amide bonds. The largest absolute Gasteiger partial charge is 1.00 e. The van der Waals surface area contributed by atoms with Crippen molar-refractivity contribution in [3.63, 3.8) is 0 Å². The Balaban J connectivity index is 0.00000368. The van der Waals surface area contributed by atoms with E-state index in [0.29, 0.717) is 17.2 Å². The Kier molecular flexibility index (Phi) is 14.9. The van der Waals surface area contributed by atoms with E-state index in [1.807, 2.05) is 18.2 Å². The zero-order valence-electron chi connectivity index (χ0n) is 29.5. The summed E-state index contributed by atoms with van der Waals surface area (Å²) in [7, 11) is 6.96. The number of hydrogen-bond acceptors (Lipinski definition) is 6. The van der Waals surface area contributed by atoms with Gasteiger partial charge in [-0.2, -0.15) is 0 Å². The quantitative estimate of drug-likeness (QED) is 0.164. The molecule has 254 valence electrons. The van der Waals surface area contributed by atoms with Gasteiger partial charge in [0.15, 0.2) is 0 Å². The van der Waals surface area contributed by atoms with E-state index in [1.165, 1.54) is 37.9 Å². The summed E-state index contributed by atoms with van der Waals surface area (Å²) in [6.07, 6.45) is 0. The molecule has 3 aromatic carbocycles. The number of hydrogen-bond donors (Lipinski definition) is 0. The molecule has 0 N–H and O–H groups in total. The standard InChI is InChI=1S/C36H45O6Si.3ClH.Ti/c1-20-21(2)23(4)36(22(20)3)43(30-17-14-27(37-8)33(40-11)24(30)5,31-18-15-28(38-9)34(41-12)25(31)6)32-19-16-29(39-10)35(42-13)26(32)7;;;;/h14-19H,1-13H3;3*1H;/q;;;;+3/p-3. The first-order chi connectivity index (χ1) is 20.9. The fourth-order valence-electron chi connectivity index (χ4n) is 7.47. The van der Waals surface area contributed by atoms with E-state index in [4.69, 9.17) is 28.4 Å². The fourth-order valence-corrected chi connectivity index (χ4v) is 16.6. The minimum atomic E-state index is -3.23. The number of ether oxygens (including phenoxy) is 6. The van der Waals surface area contributed by atoms with Crippen LogP contribution >= 0.6 is 0 Å². The van der Waals surface area contributed by atoms with Gasteiger partial charge in [-0.05, 0) is 0 Å². The molecule has 11 heteroatoms. The Morgan fingerprint density at radius 1 is 0.447 bits per heavy atom. The van der Waals surface area contributed by atoms with Gasteiger partial charge in [-0.3, -0.25) is 0 Å². The maximum Gasteiger partial charge on any atom is -1.00 e. The van der Waals surface area contributed by atoms with Gasteiger partial charge in [-0.25, -0.2) is 0 Å². The first-order valence-electron chi connectivity index (χ1n) is 14.7. The van der Waals surface area contributed by atoms with E-state index in [0.717, 1.165) is 33.9 Å². The third-order valence-corrected chi connectivity index (χ3v) is 18.8. The van der Waals surface area contributed by atoms with Crippen molar-refractivity contribution in [1.82, 2.24) is 0 Å². The summed E-state index contributed by atoms with van der Waals surface area (Å²) in [5, 5.41) is 3.68. The van der Waals surface area contributed by atoms with Crippen LogP contribution in [0.25, 0.3) is 0 Å². The molecule has 0 bridgehead atoms. The first-order valence-corrected chi connectivity index (χ1v) is 17.4. The molecule has 0 fully saturated rings. The van der Waals surface area contributed by atoms with Gasteiger partial charge in [0.2, 0.25) is 0 Å². The van der Waals surface area contributed by atoms with Crippen LogP contribution in [0.5, 0.6) is 34.5 Å². The molecule has 3 aromatic rings. The van der Waals surface area contributed by atoms with Crippen molar-refractivity contribution in [1.29, 1.82) is 0 Å². The van der Waals surface area contributed by atoms with E-state index >= 15 is 0 Å². The molecule has 0 saturated heterocycles. The Bertz CT molecular complexity index is 1510. The molecule has 0 saturated carbocycles. The SMILES string of the molecule is COc1ccc([Si](c2ccc(OC)c(OC)c2C)(c2ccc(OC)c(OC)c2C)[C]2([Ti+3])C(C)=C(C)C(C)=C2C)c(C)c1OC.[Cl-].[Cl-].[Cl-]. The second kappa shape index (κ2) is 16.4. The summed E-state index contributed by atoms with van der Waals surface area (Å²) < 4.78 is 35.2. The van der Waals surface area contributed by atoms with Gasteiger partial charge in [0.1, 0.15) is 0 Å². The third-order valence-electron chi connectivity index (χ3n) is 9.97. The van der Waals surface area contributed by atoms with Crippen molar-refractivity contribution < 1.29 is 86.1 Å². The number of methoxy groups -OCH3 is 6. The van der Waals surface area contributed by atoms with Crippen molar-refractivity contribution in [3.05, 3.63) is 75.4 Å². The van der Waals surface area contributed by atoms with Crippen LogP contribution in [0.4, 0.5) is 0 Å². The maximum atomic E-state index is 6.07. The van der Waals surface area contributed by atoms with Gasteiger partial charge in [0, 0.05) is 0 Å². The summed E-state index contributed by atoms with van der Waals surface area (Å²) in [5.41, 5.74) is 8.52. The maximum absolute atomic E-state index is 6.07. The van der Waals surface area contributed by atoms with Crippen molar-refractivity contribution in [2.75, 3.05) is 42.7 Å². The molecule has 0 aliphatic heterocycles. The number of rotatable bonds is 10. The molecule has 6 nitrogen and oxygen atoms in total. The van der Waals surface area contributed by atoms with Gasteiger partial charge < -0.3 is 37.2 Å². The van der Waals surface area contributed by atoms with E-state index in [2.05, 4.69) is 87.1 Å². The van der Waals surface area contributed by atoms with Crippen LogP contribution < -0.4 is 81.2 Å². The molecule has 0 radical (unpaired) electrons. The predicted octanol–water partition coefficient (Wildman–Crippen LogP) is -2.92. The first kappa shape index (κ1) is 42.8. The van der Waals surface area contributed by atoms with Crippen molar-refractivity contribution in [3.8, 4) is 34.5 Å². The van der Waals surface area contributed by atoms with Crippen molar-refractivity contribution in [2.24, 2.45) is 0 Å². The molecule has 0 atom stereocenters. The molecule has 0 spiro atoms. The molecule has 47 heavy (non-hydrogen) atoms. The number of allylic oxidation sites excluding steroid dienone is 4. The summed E-state index contributed by atoms with van der Waals surface area (Å²) in [6.45, 7) is 15.6. The fraction of sp³-hybridized carbons (Fsp3) is 0.389. The van der Waals surface area contributed by atoms with Gasteiger partial charge >= 0.3 is 277 Å². The van der Waals surface area contributed by atoms with E-state index in [-0.39, 0.29) is 40.6 Å². The molecular weight excluding hydrogens is 711 g/mol. The predicted molar refractivity (Wildman–Crippen MR) is 177 cm³/mol. The summed E-state index contributed by atoms with van der Waals surface area (Å²) in [6, 6.07) is 12.9. The molecule has 1 aliphatic rings. The van der Waals surface area contributed by atoms with Crippen molar-refractivity contribution in [2.45, 2.75) is 51.8 Å². The van der Waals surface area contributed by atoms with E-state index < -0.39 is 8.07 Å². The molecule has 0 unspecified atom stereocenters. The zero-order valence-corrected chi connectivity index (χ0v) is 34.4. The van der Waals surface area contributed by atoms with Gasteiger partial charge in [-0.1, -0.05) is 0 Å². The summed E-state index contributed by atoms with van der Waals surface area (Å²) in [5.74, 6) is 4.30. The van der Waals surface area contributed by atoms with Crippen LogP contribution in [-0.2, 0) is 20.4 Å². The summed E-state index contributed by atoms with van der Waals surface area (Å²) >= 11 is 2.44. The van der Waals surface area contributed by atoms with Gasteiger partial charge in [0.25, 0.3) is 0 Å². The molecule has 0 aromatic heterocycles. The van der Waals surface area contributed by atoms with Crippen LogP contribution in [0.3, 0.4) is 0 Å². The zero-order chi connectivity index (χ0) is 32.7. The topological polar surface area (TPSA) is 55.4 Å². The average Bonchev–Trinajstić information content (AvgIpc) is 3.17. The Hall–Kier alpha value is -2.26. The molecular formula is C36H45Cl3O6SiTi. The minimum Gasteiger partial charge on any atom is -1.00 e. The third kappa shape index (κ3) is 6.10. The minimum absolute atomic E-state index is 0. The van der Waals surface area contributed by atoms with Crippen molar-refractivity contribution >= 4 is 23.6 Å². The van der Waals surface area contributed by atoms with Crippen LogP contribution in [-0.4, -0.2) is 50.7 Å². The Morgan fingerprint density at radius 2 is 0.702 bits per heavy atom. The Morgan fingerprint density at radius 3 is 0.915 bits per heavy atom. The summed E-state index contributed by atoms with van der Waals surface area (Å²) in [4.78, 5) is 0. The average molecular weight is 756 g/mol. The van der Waals surface area contributed by atoms with E-state index in [1.54, 1.807) is 42.7 Å². The Labute approximate surface area is 312 Å². The van der Waals surface area contributed by atoms with Crippen LogP contribution in [0.2, 0.25) is 3.34 Å². The van der Waals surface area contributed by atoms with Gasteiger partial charge in [0.05, 0.1) is 0 Å². The monoisotopic (exact) mass is 754 g/mol. The second-order valence-corrected chi connectivity index (χ2v) is 17.2. The molecule has 4 rings (SSSR count). The van der Waals surface area contributed by atoms with Crippen LogP contribution in [0, 0.1) is 20.8 Å². The van der Waals surface area contributed by atoms with Gasteiger partial charge in [-0.15, -0.1) is 0 Å². The van der Waals surface area contributed by atoms with E-state index in [9.17, 15) is 0 Å². The smallest absolute Gasteiger partial charge is 1.00 e. The van der Waals surface area contributed by atoms with Crippen LogP contribution in [0.1, 0.15) is 44.4 Å². The normalized spacial score (nSPS) is 13.7. The number of benzene rings is 3. The number of halogens is 3. The molecule has 0 heterocycles.